The fourth-order valence-corrected chi connectivity index (χ4v) is 4.37. The lowest BCUT2D eigenvalue weighted by atomic mass is 9.74. The number of ketones is 1. The molecule has 180 valence electrons. The molecule has 0 radical (unpaired) electrons. The highest BCUT2D eigenvalue weighted by molar-refractivity contribution is 6.31. The van der Waals surface area contributed by atoms with Crippen LogP contribution in [0.25, 0.3) is 0 Å². The van der Waals surface area contributed by atoms with E-state index in [-0.39, 0.29) is 18.2 Å². The Bertz CT molecular complexity index is 802. The number of esters is 1. The lowest BCUT2D eigenvalue weighted by Gasteiger charge is -2.43. The first-order valence-electron chi connectivity index (χ1n) is 10.6. The molecule has 2 atom stereocenters. The van der Waals surface area contributed by atoms with Crippen molar-refractivity contribution in [3.63, 3.8) is 0 Å². The van der Waals surface area contributed by atoms with Crippen molar-refractivity contribution >= 4 is 41.9 Å². The summed E-state index contributed by atoms with van der Waals surface area (Å²) in [6, 6.07) is 6.62. The molecule has 0 bridgehead atoms. The first-order chi connectivity index (χ1) is 14.6. The summed E-state index contributed by atoms with van der Waals surface area (Å²) in [5.41, 5.74) is -0.607. The van der Waals surface area contributed by atoms with Gasteiger partial charge in [0.25, 0.3) is 0 Å². The molecule has 1 aromatic carbocycles. The van der Waals surface area contributed by atoms with E-state index in [0.717, 1.165) is 12.8 Å². The zero-order valence-electron chi connectivity index (χ0n) is 19.4. The van der Waals surface area contributed by atoms with Gasteiger partial charge in [0, 0.05) is 24.1 Å². The zero-order chi connectivity index (χ0) is 23.2. The first-order valence-corrected chi connectivity index (χ1v) is 11.0. The number of benzene rings is 1. The lowest BCUT2D eigenvalue weighted by Crippen LogP contribution is -2.54. The molecule has 32 heavy (non-hydrogen) atoms. The standard InChI is InChI=1S/C23H33ClN2O5.ClH/c1-16(2)14-19(25(3)4)21(28)30-15-31-22(29)26(5)23(13-9-8-12-20(23)27)17-10-6-7-11-18(17)24;/h6-7,10-11,16,19H,8-9,12-15H2,1-5H3;1H/t19-,23-;/m0./s1. The Balaban J connectivity index is 0.00000512. The number of halogens is 2. The van der Waals surface area contributed by atoms with Crippen molar-refractivity contribution in [3.05, 3.63) is 34.9 Å². The monoisotopic (exact) mass is 488 g/mol. The molecule has 0 N–H and O–H groups in total. The van der Waals surface area contributed by atoms with Crippen molar-refractivity contribution in [3.8, 4) is 0 Å². The third-order valence-corrected chi connectivity index (χ3v) is 6.12. The van der Waals surface area contributed by atoms with Crippen molar-refractivity contribution in [1.29, 1.82) is 0 Å². The maximum absolute atomic E-state index is 13.1. The molecule has 0 saturated heterocycles. The van der Waals surface area contributed by atoms with E-state index in [2.05, 4.69) is 0 Å². The molecule has 1 saturated carbocycles. The van der Waals surface area contributed by atoms with Gasteiger partial charge in [0.1, 0.15) is 11.6 Å². The van der Waals surface area contributed by atoms with Crippen LogP contribution in [-0.2, 0) is 24.6 Å². The largest absolute Gasteiger partial charge is 0.427 e. The summed E-state index contributed by atoms with van der Waals surface area (Å²) < 4.78 is 10.4. The number of nitrogens with zero attached hydrogens (tertiary/aromatic N) is 2. The summed E-state index contributed by atoms with van der Waals surface area (Å²) in [6.07, 6.45) is 2.25. The van der Waals surface area contributed by atoms with Gasteiger partial charge in [-0.15, -0.1) is 12.4 Å². The summed E-state index contributed by atoms with van der Waals surface area (Å²) >= 11 is 6.41. The number of ether oxygens (including phenoxy) is 2. The third kappa shape index (κ3) is 6.36. The number of hydrogen-bond acceptors (Lipinski definition) is 6. The van der Waals surface area contributed by atoms with E-state index in [0.29, 0.717) is 35.8 Å². The van der Waals surface area contributed by atoms with Crippen LogP contribution in [0.4, 0.5) is 4.79 Å². The van der Waals surface area contributed by atoms with Gasteiger partial charge in [0.15, 0.2) is 5.78 Å². The highest BCUT2D eigenvalue weighted by atomic mass is 35.5. The molecule has 7 nitrogen and oxygen atoms in total. The van der Waals surface area contributed by atoms with Gasteiger partial charge in [-0.25, -0.2) is 4.79 Å². The van der Waals surface area contributed by atoms with Gasteiger partial charge >= 0.3 is 12.1 Å². The molecule has 9 heteroatoms. The fraction of sp³-hybridized carbons (Fsp3) is 0.609. The van der Waals surface area contributed by atoms with Gasteiger partial charge in [-0.05, 0) is 51.8 Å². The van der Waals surface area contributed by atoms with Crippen LogP contribution in [0.2, 0.25) is 5.02 Å². The van der Waals surface area contributed by atoms with E-state index in [1.54, 1.807) is 43.3 Å². The van der Waals surface area contributed by atoms with Gasteiger partial charge in [-0.3, -0.25) is 19.4 Å². The molecule has 2 rings (SSSR count). The van der Waals surface area contributed by atoms with Crippen LogP contribution in [-0.4, -0.2) is 61.6 Å². The van der Waals surface area contributed by atoms with Gasteiger partial charge in [-0.2, -0.15) is 0 Å². The predicted octanol–water partition coefficient (Wildman–Crippen LogP) is 4.65. The Labute approximate surface area is 201 Å². The Morgan fingerprint density at radius 1 is 1.12 bits per heavy atom. The Morgan fingerprint density at radius 2 is 1.78 bits per heavy atom. The Kier molecular flexibility index (Phi) is 10.9. The molecule has 0 spiro atoms. The number of likely N-dealkylation sites (N-methyl/N-ethyl adjacent to an activating group) is 2. The number of carbonyl (C=O) groups excluding carboxylic acids is 3. The van der Waals surface area contributed by atoms with E-state index in [9.17, 15) is 14.4 Å². The van der Waals surface area contributed by atoms with Gasteiger partial charge in [0.2, 0.25) is 6.79 Å². The molecule has 0 aromatic heterocycles. The topological polar surface area (TPSA) is 76.1 Å². The van der Waals surface area contributed by atoms with Crippen LogP contribution in [0.5, 0.6) is 0 Å². The maximum Gasteiger partial charge on any atom is 0.413 e. The summed E-state index contributed by atoms with van der Waals surface area (Å²) in [5, 5.41) is 0.423. The van der Waals surface area contributed by atoms with Crippen LogP contribution in [0.3, 0.4) is 0 Å². The lowest BCUT2D eigenvalue weighted by molar-refractivity contribution is -0.159. The number of amides is 1. The summed E-state index contributed by atoms with van der Waals surface area (Å²) in [7, 11) is 5.13. The molecule has 1 aliphatic rings. The van der Waals surface area contributed by atoms with Crippen LogP contribution >= 0.6 is 24.0 Å². The average molecular weight is 489 g/mol. The molecule has 1 aliphatic carbocycles. The molecule has 1 fully saturated rings. The molecular formula is C23H34Cl2N2O5. The van der Waals surface area contributed by atoms with E-state index in [1.807, 2.05) is 13.8 Å². The molecular weight excluding hydrogens is 455 g/mol. The smallest absolute Gasteiger partial charge is 0.413 e. The fourth-order valence-electron chi connectivity index (χ4n) is 4.08. The number of rotatable bonds is 8. The highest BCUT2D eigenvalue weighted by Gasteiger charge is 2.48. The van der Waals surface area contributed by atoms with E-state index in [1.165, 1.54) is 11.9 Å². The van der Waals surface area contributed by atoms with Gasteiger partial charge in [-0.1, -0.05) is 43.6 Å². The van der Waals surface area contributed by atoms with Crippen molar-refractivity contribution in [1.82, 2.24) is 9.80 Å². The van der Waals surface area contributed by atoms with Crippen LogP contribution < -0.4 is 0 Å². The minimum atomic E-state index is -1.19. The minimum Gasteiger partial charge on any atom is -0.427 e. The molecule has 0 unspecified atom stereocenters. The summed E-state index contributed by atoms with van der Waals surface area (Å²) in [4.78, 5) is 41.4. The summed E-state index contributed by atoms with van der Waals surface area (Å²) in [5.74, 6) is -0.224. The molecule has 0 heterocycles. The van der Waals surface area contributed by atoms with E-state index >= 15 is 0 Å². The van der Waals surface area contributed by atoms with Crippen molar-refractivity contribution in [2.75, 3.05) is 27.9 Å². The predicted molar refractivity (Wildman–Crippen MR) is 126 cm³/mol. The quantitative estimate of drug-likeness (QED) is 0.391. The van der Waals surface area contributed by atoms with Crippen molar-refractivity contribution < 1.29 is 23.9 Å². The number of carbonyl (C=O) groups is 3. The van der Waals surface area contributed by atoms with E-state index in [4.69, 9.17) is 21.1 Å². The Morgan fingerprint density at radius 3 is 2.34 bits per heavy atom. The Hall–Kier alpha value is -1.83. The number of Topliss-reactive ketones (excluding diaryl/α,β-unsaturated/α-hetero) is 1. The van der Waals surface area contributed by atoms with Crippen LogP contribution in [0.1, 0.15) is 51.5 Å². The second-order valence-corrected chi connectivity index (χ2v) is 9.04. The van der Waals surface area contributed by atoms with Crippen molar-refractivity contribution in [2.24, 2.45) is 5.92 Å². The van der Waals surface area contributed by atoms with Gasteiger partial charge in [0.05, 0.1) is 0 Å². The SMILES string of the molecule is CC(C)C[C@@H](C(=O)OCOC(=O)N(C)[C@]1(c2ccccc2Cl)CCCCC1=O)N(C)C.Cl. The molecule has 1 amide bonds. The maximum atomic E-state index is 13.1. The van der Waals surface area contributed by atoms with Crippen LogP contribution in [0.15, 0.2) is 24.3 Å². The van der Waals surface area contributed by atoms with E-state index < -0.39 is 30.4 Å². The van der Waals surface area contributed by atoms with Gasteiger partial charge < -0.3 is 9.47 Å². The second-order valence-electron chi connectivity index (χ2n) is 8.63. The third-order valence-electron chi connectivity index (χ3n) is 5.79. The normalized spacial score (nSPS) is 19.3. The minimum absolute atomic E-state index is 0. The second kappa shape index (κ2) is 12.4. The zero-order valence-corrected chi connectivity index (χ0v) is 21.0. The molecule has 0 aliphatic heterocycles. The van der Waals surface area contributed by atoms with Crippen molar-refractivity contribution in [2.45, 2.75) is 57.5 Å². The average Bonchev–Trinajstić information content (AvgIpc) is 2.72. The van der Waals surface area contributed by atoms with Crippen LogP contribution in [0, 0.1) is 5.92 Å². The number of hydrogen-bond donors (Lipinski definition) is 0. The summed E-state index contributed by atoms with van der Waals surface area (Å²) in [6.45, 7) is 3.53. The first kappa shape index (κ1) is 28.2. The molecule has 1 aromatic rings. The highest BCUT2D eigenvalue weighted by Crippen LogP contribution is 2.42.